The van der Waals surface area contributed by atoms with Gasteiger partial charge in [-0.15, -0.1) is 0 Å². The van der Waals surface area contributed by atoms with Gasteiger partial charge in [0.1, 0.15) is 5.82 Å². The molecule has 0 bridgehead atoms. The van der Waals surface area contributed by atoms with Crippen LogP contribution in [-0.2, 0) is 0 Å². The molecule has 0 amide bonds. The fraction of sp³-hybridized carbons (Fsp3) is 0.250. The molecule has 16 heavy (non-hydrogen) atoms. The Morgan fingerprint density at radius 3 is 2.81 bits per heavy atom. The number of anilines is 1. The van der Waals surface area contributed by atoms with Crippen molar-refractivity contribution in [2.75, 3.05) is 18.5 Å². The van der Waals surface area contributed by atoms with E-state index in [0.717, 1.165) is 40.1 Å². The number of benzene rings is 1. The Hall–Kier alpha value is -1.26. The van der Waals surface area contributed by atoms with Crippen LogP contribution in [0.1, 0.15) is 6.92 Å². The maximum atomic E-state index is 9.20. The summed E-state index contributed by atoms with van der Waals surface area (Å²) in [5.41, 5.74) is 0. The van der Waals surface area contributed by atoms with Crippen LogP contribution >= 0.6 is 12.0 Å². The zero-order valence-corrected chi connectivity index (χ0v) is 10.2. The lowest BCUT2D eigenvalue weighted by Crippen LogP contribution is -2.17. The quantitative estimate of drug-likeness (QED) is 0.827. The van der Waals surface area contributed by atoms with Crippen molar-refractivity contribution in [1.29, 1.82) is 0 Å². The van der Waals surface area contributed by atoms with Gasteiger partial charge in [-0.1, -0.05) is 12.1 Å². The minimum absolute atomic E-state index is 0.780. The van der Waals surface area contributed by atoms with E-state index in [1.807, 2.05) is 31.3 Å². The van der Waals surface area contributed by atoms with Crippen molar-refractivity contribution in [1.82, 2.24) is 4.98 Å². The number of rotatable bonds is 3. The molecule has 0 saturated carbocycles. The molecule has 0 fully saturated rings. The molecule has 84 valence electrons. The Morgan fingerprint density at radius 2 is 2.12 bits per heavy atom. The fourth-order valence-electron chi connectivity index (χ4n) is 1.70. The van der Waals surface area contributed by atoms with Gasteiger partial charge in [0.25, 0.3) is 0 Å². The van der Waals surface area contributed by atoms with Gasteiger partial charge >= 0.3 is 0 Å². The van der Waals surface area contributed by atoms with E-state index in [4.69, 9.17) is 0 Å². The molecule has 3 nitrogen and oxygen atoms in total. The molecule has 0 aliphatic rings. The molecular formula is C12H14N2OS. The molecule has 0 radical (unpaired) electrons. The second kappa shape index (κ2) is 4.72. The average Bonchev–Trinajstić information content (AvgIpc) is 2.36. The van der Waals surface area contributed by atoms with Gasteiger partial charge in [-0.25, -0.2) is 4.98 Å². The normalized spacial score (nSPS) is 10.7. The Labute approximate surface area is 99.3 Å². The van der Waals surface area contributed by atoms with Crippen molar-refractivity contribution < 1.29 is 4.55 Å². The summed E-state index contributed by atoms with van der Waals surface area (Å²) in [4.78, 5) is 7.35. The van der Waals surface area contributed by atoms with Crippen molar-refractivity contribution in [3.63, 3.8) is 0 Å². The van der Waals surface area contributed by atoms with Gasteiger partial charge < -0.3 is 9.45 Å². The third-order valence-electron chi connectivity index (χ3n) is 2.68. The molecule has 0 aliphatic carbocycles. The summed E-state index contributed by atoms with van der Waals surface area (Å²) in [5, 5.41) is 2.12. The lowest BCUT2D eigenvalue weighted by Gasteiger charge is -2.18. The highest BCUT2D eigenvalue weighted by molar-refractivity contribution is 7.94. The Bertz CT molecular complexity index is 501. The van der Waals surface area contributed by atoms with Crippen LogP contribution in [0.5, 0.6) is 0 Å². The average molecular weight is 234 g/mol. The van der Waals surface area contributed by atoms with Crippen LogP contribution in [0.3, 0.4) is 0 Å². The van der Waals surface area contributed by atoms with E-state index >= 15 is 0 Å². The molecule has 0 spiro atoms. The standard InChI is InChI=1S/C12H14N2OS/c1-3-14(2)12-10-5-4-6-11(16-15)9(10)7-8-13-12/h4-8,15H,3H2,1-2H3. The molecule has 1 aromatic heterocycles. The monoisotopic (exact) mass is 234 g/mol. The van der Waals surface area contributed by atoms with E-state index < -0.39 is 0 Å². The zero-order chi connectivity index (χ0) is 11.5. The number of hydrogen-bond donors (Lipinski definition) is 1. The molecule has 0 unspecified atom stereocenters. The molecule has 0 aliphatic heterocycles. The van der Waals surface area contributed by atoms with Crippen molar-refractivity contribution in [3.05, 3.63) is 30.5 Å². The van der Waals surface area contributed by atoms with Crippen LogP contribution in [0, 0.1) is 0 Å². The lowest BCUT2D eigenvalue weighted by molar-refractivity contribution is 0.664. The maximum absolute atomic E-state index is 9.20. The smallest absolute Gasteiger partial charge is 0.136 e. The van der Waals surface area contributed by atoms with Gasteiger partial charge in [-0.05, 0) is 19.1 Å². The summed E-state index contributed by atoms with van der Waals surface area (Å²) in [6.07, 6.45) is 1.78. The highest BCUT2D eigenvalue weighted by Crippen LogP contribution is 2.30. The fourth-order valence-corrected chi connectivity index (χ4v) is 2.11. The third kappa shape index (κ3) is 1.86. The van der Waals surface area contributed by atoms with Crippen LogP contribution in [0.2, 0.25) is 0 Å². The van der Waals surface area contributed by atoms with Gasteiger partial charge in [0.05, 0.1) is 0 Å². The summed E-state index contributed by atoms with van der Waals surface area (Å²) in [6, 6.07) is 7.81. The van der Waals surface area contributed by atoms with Crippen LogP contribution in [-0.4, -0.2) is 23.1 Å². The number of nitrogens with zero attached hydrogens (tertiary/aromatic N) is 2. The van der Waals surface area contributed by atoms with Crippen molar-refractivity contribution >= 4 is 28.6 Å². The number of aromatic nitrogens is 1. The molecular weight excluding hydrogens is 220 g/mol. The van der Waals surface area contributed by atoms with E-state index in [-0.39, 0.29) is 0 Å². The molecule has 0 saturated heterocycles. The number of fused-ring (bicyclic) bond motifs is 1. The molecule has 2 aromatic rings. The number of pyridine rings is 1. The summed E-state index contributed by atoms with van der Waals surface area (Å²) >= 11 is 0.780. The second-order valence-corrected chi connectivity index (χ2v) is 4.21. The first kappa shape index (κ1) is 11.2. The van der Waals surface area contributed by atoms with Gasteiger partial charge in [0.15, 0.2) is 0 Å². The van der Waals surface area contributed by atoms with Gasteiger partial charge in [0.2, 0.25) is 0 Å². The Morgan fingerprint density at radius 1 is 1.31 bits per heavy atom. The molecule has 1 aromatic carbocycles. The molecule has 1 N–H and O–H groups in total. The molecule has 2 rings (SSSR count). The number of hydrogen-bond acceptors (Lipinski definition) is 4. The van der Waals surface area contributed by atoms with E-state index in [0.29, 0.717) is 0 Å². The summed E-state index contributed by atoms with van der Waals surface area (Å²) in [5.74, 6) is 0.955. The van der Waals surface area contributed by atoms with E-state index in [9.17, 15) is 4.55 Å². The molecule has 1 heterocycles. The molecule has 4 heteroatoms. The minimum atomic E-state index is 0.780. The van der Waals surface area contributed by atoms with Crippen LogP contribution in [0.15, 0.2) is 35.4 Å². The van der Waals surface area contributed by atoms with Gasteiger partial charge in [0, 0.05) is 47.5 Å². The SMILES string of the molecule is CCN(C)c1nccc2c(SO)cccc12. The largest absolute Gasteiger partial charge is 0.359 e. The first-order valence-electron chi connectivity index (χ1n) is 5.18. The maximum Gasteiger partial charge on any atom is 0.136 e. The summed E-state index contributed by atoms with van der Waals surface area (Å²) < 4.78 is 9.20. The van der Waals surface area contributed by atoms with Gasteiger partial charge in [-0.3, -0.25) is 0 Å². The second-order valence-electron chi connectivity index (χ2n) is 3.59. The summed E-state index contributed by atoms with van der Waals surface area (Å²) in [7, 11) is 2.01. The van der Waals surface area contributed by atoms with E-state index in [1.165, 1.54) is 0 Å². The van der Waals surface area contributed by atoms with Crippen LogP contribution < -0.4 is 4.90 Å². The summed E-state index contributed by atoms with van der Waals surface area (Å²) in [6.45, 7) is 2.99. The lowest BCUT2D eigenvalue weighted by atomic mass is 10.1. The topological polar surface area (TPSA) is 36.4 Å². The predicted molar refractivity (Wildman–Crippen MR) is 69.2 cm³/mol. The van der Waals surface area contributed by atoms with Gasteiger partial charge in [-0.2, -0.15) is 0 Å². The van der Waals surface area contributed by atoms with Crippen LogP contribution in [0.25, 0.3) is 10.8 Å². The van der Waals surface area contributed by atoms with Crippen molar-refractivity contribution in [3.8, 4) is 0 Å². The van der Waals surface area contributed by atoms with Crippen molar-refractivity contribution in [2.45, 2.75) is 11.8 Å². The highest BCUT2D eigenvalue weighted by Gasteiger charge is 2.08. The molecule has 0 atom stereocenters. The zero-order valence-electron chi connectivity index (χ0n) is 9.34. The first-order valence-corrected chi connectivity index (χ1v) is 5.95. The highest BCUT2D eigenvalue weighted by atomic mass is 32.2. The first-order chi connectivity index (χ1) is 7.77. The minimum Gasteiger partial charge on any atom is -0.359 e. The van der Waals surface area contributed by atoms with Crippen LogP contribution in [0.4, 0.5) is 5.82 Å². The van der Waals surface area contributed by atoms with Crippen molar-refractivity contribution in [2.24, 2.45) is 0 Å². The Kier molecular flexibility index (Phi) is 3.31. The van der Waals surface area contributed by atoms with E-state index in [1.54, 1.807) is 6.20 Å². The van der Waals surface area contributed by atoms with E-state index in [2.05, 4.69) is 16.8 Å². The predicted octanol–water partition coefficient (Wildman–Crippen LogP) is 3.26. The Balaban J connectivity index is 2.69. The third-order valence-corrected chi connectivity index (χ3v) is 3.23.